The molecule has 0 bridgehead atoms. The SMILES string of the molecule is CC.CCC.CON(C)C(=O)CNC(=O)OC(C)(C)C. The van der Waals surface area contributed by atoms with Crippen LogP contribution in [0.15, 0.2) is 0 Å². The van der Waals surface area contributed by atoms with Crippen LogP contribution in [-0.2, 0) is 14.4 Å². The molecule has 0 radical (unpaired) electrons. The number of alkyl carbamates (subject to hydrolysis) is 1. The van der Waals surface area contributed by atoms with Crippen molar-refractivity contribution in [1.29, 1.82) is 0 Å². The number of hydroxylamine groups is 2. The van der Waals surface area contributed by atoms with Gasteiger partial charge in [-0.25, -0.2) is 9.86 Å². The van der Waals surface area contributed by atoms with Crippen molar-refractivity contribution in [2.75, 3.05) is 20.7 Å². The Kier molecular flexibility index (Phi) is 16.8. The number of nitrogens with one attached hydrogen (secondary N) is 1. The lowest BCUT2D eigenvalue weighted by molar-refractivity contribution is -0.167. The van der Waals surface area contributed by atoms with Crippen molar-refractivity contribution >= 4 is 12.0 Å². The highest BCUT2D eigenvalue weighted by Gasteiger charge is 2.17. The second-order valence-corrected chi connectivity index (χ2v) is 4.64. The van der Waals surface area contributed by atoms with Crippen LogP contribution < -0.4 is 5.32 Å². The molecule has 20 heavy (non-hydrogen) atoms. The van der Waals surface area contributed by atoms with Crippen molar-refractivity contribution in [1.82, 2.24) is 10.4 Å². The number of hydrogen-bond donors (Lipinski definition) is 1. The average Bonchev–Trinajstić information content (AvgIpc) is 2.36. The molecule has 0 aromatic heterocycles. The maximum atomic E-state index is 11.2. The van der Waals surface area contributed by atoms with Crippen molar-refractivity contribution < 1.29 is 19.2 Å². The quantitative estimate of drug-likeness (QED) is 0.812. The molecule has 6 heteroatoms. The molecule has 0 aromatic rings. The Morgan fingerprint density at radius 1 is 1.15 bits per heavy atom. The summed E-state index contributed by atoms with van der Waals surface area (Å²) >= 11 is 0. The molecule has 1 N–H and O–H groups in total. The largest absolute Gasteiger partial charge is 0.444 e. The zero-order valence-corrected chi connectivity index (χ0v) is 14.5. The molecule has 0 aromatic carbocycles. The average molecular weight is 292 g/mol. The van der Waals surface area contributed by atoms with Crippen molar-refractivity contribution in [3.8, 4) is 0 Å². The van der Waals surface area contributed by atoms with E-state index in [1.165, 1.54) is 20.6 Å². The smallest absolute Gasteiger partial charge is 0.408 e. The molecule has 6 nitrogen and oxygen atoms in total. The monoisotopic (exact) mass is 292 g/mol. The van der Waals surface area contributed by atoms with Crippen LogP contribution in [0.1, 0.15) is 54.9 Å². The minimum absolute atomic E-state index is 0.154. The van der Waals surface area contributed by atoms with E-state index in [9.17, 15) is 9.59 Å². The molecule has 2 amide bonds. The predicted octanol–water partition coefficient (Wildman–Crippen LogP) is 2.97. The molecule has 0 aliphatic carbocycles. The molecular weight excluding hydrogens is 260 g/mol. The molecule has 0 saturated heterocycles. The molecule has 0 spiro atoms. The Bertz CT molecular complexity index is 250. The summed E-state index contributed by atoms with van der Waals surface area (Å²) in [4.78, 5) is 26.9. The summed E-state index contributed by atoms with van der Waals surface area (Å²) in [6.45, 7) is 13.3. The fraction of sp³-hybridized carbons (Fsp3) is 0.857. The molecule has 0 unspecified atom stereocenters. The third-order valence-corrected chi connectivity index (χ3v) is 1.41. The van der Waals surface area contributed by atoms with Gasteiger partial charge in [0, 0.05) is 7.05 Å². The van der Waals surface area contributed by atoms with E-state index in [1.807, 2.05) is 13.8 Å². The van der Waals surface area contributed by atoms with Gasteiger partial charge in [-0.15, -0.1) is 0 Å². The van der Waals surface area contributed by atoms with E-state index in [2.05, 4.69) is 24.0 Å². The summed E-state index contributed by atoms with van der Waals surface area (Å²) < 4.78 is 4.94. The van der Waals surface area contributed by atoms with Crippen LogP contribution in [0.2, 0.25) is 0 Å². The first-order valence-corrected chi connectivity index (χ1v) is 6.95. The Labute approximate surface area is 123 Å². The normalized spacial score (nSPS) is 9.25. The molecule has 0 aliphatic rings. The number of carbonyl (C=O) groups is 2. The van der Waals surface area contributed by atoms with Gasteiger partial charge in [-0.3, -0.25) is 9.63 Å². The molecule has 0 atom stereocenters. The number of ether oxygens (including phenoxy) is 1. The summed E-state index contributed by atoms with van der Waals surface area (Å²) in [6, 6.07) is 0. The van der Waals surface area contributed by atoms with E-state index in [0.29, 0.717) is 0 Å². The fourth-order valence-corrected chi connectivity index (χ4v) is 0.675. The minimum Gasteiger partial charge on any atom is -0.444 e. The summed E-state index contributed by atoms with van der Waals surface area (Å²) in [7, 11) is 2.82. The highest BCUT2D eigenvalue weighted by molar-refractivity contribution is 5.81. The molecule has 0 heterocycles. The molecular formula is C14H32N2O4. The summed E-state index contributed by atoms with van der Waals surface area (Å²) in [6.07, 6.45) is 0.625. The van der Waals surface area contributed by atoms with Crippen LogP contribution in [0.25, 0.3) is 0 Å². The van der Waals surface area contributed by atoms with E-state index < -0.39 is 11.7 Å². The number of amides is 2. The van der Waals surface area contributed by atoms with Gasteiger partial charge in [0.25, 0.3) is 5.91 Å². The predicted molar refractivity (Wildman–Crippen MR) is 81.3 cm³/mol. The fourth-order valence-electron chi connectivity index (χ4n) is 0.675. The van der Waals surface area contributed by atoms with Gasteiger partial charge in [-0.2, -0.15) is 0 Å². The maximum absolute atomic E-state index is 11.2. The van der Waals surface area contributed by atoms with Crippen LogP contribution in [-0.4, -0.2) is 43.4 Å². The Morgan fingerprint density at radius 3 is 1.85 bits per heavy atom. The van der Waals surface area contributed by atoms with Gasteiger partial charge in [-0.1, -0.05) is 34.1 Å². The third-order valence-electron chi connectivity index (χ3n) is 1.41. The number of hydrogen-bond acceptors (Lipinski definition) is 4. The van der Waals surface area contributed by atoms with Crippen molar-refractivity contribution in [2.24, 2.45) is 0 Å². The lowest BCUT2D eigenvalue weighted by Gasteiger charge is -2.20. The van der Waals surface area contributed by atoms with Crippen LogP contribution in [0.5, 0.6) is 0 Å². The molecule has 122 valence electrons. The van der Waals surface area contributed by atoms with E-state index in [1.54, 1.807) is 20.8 Å². The van der Waals surface area contributed by atoms with Crippen LogP contribution in [0, 0.1) is 0 Å². The van der Waals surface area contributed by atoms with Gasteiger partial charge >= 0.3 is 6.09 Å². The summed E-state index contributed by atoms with van der Waals surface area (Å²) in [5.74, 6) is -0.358. The number of carbonyl (C=O) groups excluding carboxylic acids is 2. The number of nitrogens with zero attached hydrogens (tertiary/aromatic N) is 1. The summed E-state index contributed by atoms with van der Waals surface area (Å²) in [5.41, 5.74) is -0.569. The zero-order chi connectivity index (χ0) is 16.8. The van der Waals surface area contributed by atoms with Gasteiger partial charge in [0.1, 0.15) is 12.1 Å². The van der Waals surface area contributed by atoms with Crippen molar-refractivity contribution in [3.63, 3.8) is 0 Å². The van der Waals surface area contributed by atoms with Crippen molar-refractivity contribution in [2.45, 2.75) is 60.5 Å². The number of likely N-dealkylation sites (N-methyl/N-ethyl adjacent to an activating group) is 1. The Balaban J connectivity index is -0.000000505. The molecule has 0 rings (SSSR count). The molecule has 0 aliphatic heterocycles. The highest BCUT2D eigenvalue weighted by atomic mass is 16.7. The van der Waals surface area contributed by atoms with Gasteiger partial charge in [-0.05, 0) is 20.8 Å². The lowest BCUT2D eigenvalue weighted by Crippen LogP contribution is -2.40. The van der Waals surface area contributed by atoms with Gasteiger partial charge in [0.05, 0.1) is 7.11 Å². The second-order valence-electron chi connectivity index (χ2n) is 4.64. The Morgan fingerprint density at radius 2 is 1.55 bits per heavy atom. The summed E-state index contributed by atoms with van der Waals surface area (Å²) in [5, 5.41) is 3.35. The lowest BCUT2D eigenvalue weighted by atomic mass is 10.2. The second kappa shape index (κ2) is 14.1. The first kappa shape index (κ1) is 23.8. The van der Waals surface area contributed by atoms with Gasteiger partial charge < -0.3 is 10.1 Å². The first-order valence-electron chi connectivity index (χ1n) is 6.95. The van der Waals surface area contributed by atoms with Crippen LogP contribution in [0.4, 0.5) is 4.79 Å². The molecule has 0 fully saturated rings. The van der Waals surface area contributed by atoms with Crippen LogP contribution >= 0.6 is 0 Å². The van der Waals surface area contributed by atoms with Crippen LogP contribution in [0.3, 0.4) is 0 Å². The van der Waals surface area contributed by atoms with E-state index >= 15 is 0 Å². The standard InChI is InChI=1S/C9H18N2O4.C3H8.C2H6/c1-9(2,3)15-8(13)10-6-7(12)11(4)14-5;1-3-2;1-2/h6H2,1-5H3,(H,10,13);3H2,1-2H3;1-2H3. The highest BCUT2D eigenvalue weighted by Crippen LogP contribution is 2.06. The van der Waals surface area contributed by atoms with Gasteiger partial charge in [0.2, 0.25) is 0 Å². The Hall–Kier alpha value is -1.30. The van der Waals surface area contributed by atoms with E-state index in [4.69, 9.17) is 4.74 Å². The van der Waals surface area contributed by atoms with E-state index in [-0.39, 0.29) is 12.5 Å². The van der Waals surface area contributed by atoms with E-state index in [0.717, 1.165) is 5.06 Å². The number of rotatable bonds is 3. The first-order chi connectivity index (χ1) is 9.17. The third kappa shape index (κ3) is 19.0. The van der Waals surface area contributed by atoms with Crippen molar-refractivity contribution in [3.05, 3.63) is 0 Å². The minimum atomic E-state index is -0.625. The van der Waals surface area contributed by atoms with Gasteiger partial charge in [0.15, 0.2) is 0 Å². The maximum Gasteiger partial charge on any atom is 0.408 e. The molecule has 0 saturated carbocycles. The zero-order valence-electron chi connectivity index (χ0n) is 14.5. The topological polar surface area (TPSA) is 67.9 Å².